The minimum absolute atomic E-state index is 0.0484. The number of phosphoric ester groups is 1. The van der Waals surface area contributed by atoms with E-state index in [2.05, 4.69) is 123 Å². The average Bonchev–Trinajstić information content (AvgIpc) is 3.42. The van der Waals surface area contributed by atoms with E-state index in [-0.39, 0.29) is 38.6 Å². The van der Waals surface area contributed by atoms with Crippen LogP contribution in [0.2, 0.25) is 0 Å². The van der Waals surface area contributed by atoms with Crippen LogP contribution in [0.4, 0.5) is 0 Å². The van der Waals surface area contributed by atoms with E-state index >= 15 is 0 Å². The summed E-state index contributed by atoms with van der Waals surface area (Å²) in [6, 6.07) is 0. The molecule has 0 radical (unpaired) electrons. The second-order valence-electron chi connectivity index (χ2n) is 20.5. The largest absolute Gasteiger partial charge is 0.472 e. The van der Waals surface area contributed by atoms with Gasteiger partial charge in [0.1, 0.15) is 6.61 Å². The van der Waals surface area contributed by atoms with Crippen molar-refractivity contribution in [2.24, 2.45) is 5.73 Å². The van der Waals surface area contributed by atoms with Crippen molar-refractivity contribution in [3.8, 4) is 0 Å². The van der Waals surface area contributed by atoms with E-state index in [0.717, 1.165) is 96.3 Å². The van der Waals surface area contributed by atoms with E-state index in [1.54, 1.807) is 0 Å². The number of hydrogen-bond acceptors (Lipinski definition) is 8. The smallest absolute Gasteiger partial charge is 0.462 e. The summed E-state index contributed by atoms with van der Waals surface area (Å²) in [5, 5.41) is 0. The molecular weight excluding hydrogens is 978 g/mol. The molecule has 0 aliphatic rings. The molecule has 0 aliphatic carbocycles. The molecule has 77 heavy (non-hydrogen) atoms. The number of hydrogen-bond donors (Lipinski definition) is 2. The van der Waals surface area contributed by atoms with Gasteiger partial charge in [0.25, 0.3) is 0 Å². The van der Waals surface area contributed by atoms with Crippen LogP contribution in [0.1, 0.15) is 271 Å². The second-order valence-corrected chi connectivity index (χ2v) is 22.0. The maximum atomic E-state index is 12.7. The molecule has 0 saturated heterocycles. The van der Waals surface area contributed by atoms with E-state index in [9.17, 15) is 19.0 Å². The molecule has 0 fully saturated rings. The van der Waals surface area contributed by atoms with Gasteiger partial charge in [0.05, 0.1) is 13.2 Å². The Hall–Kier alpha value is -3.33. The van der Waals surface area contributed by atoms with Crippen molar-refractivity contribution in [2.75, 3.05) is 26.4 Å². The number of esters is 2. The van der Waals surface area contributed by atoms with E-state index in [0.29, 0.717) is 6.42 Å². The van der Waals surface area contributed by atoms with E-state index < -0.39 is 26.5 Å². The van der Waals surface area contributed by atoms with E-state index in [4.69, 9.17) is 24.3 Å². The third kappa shape index (κ3) is 61.7. The summed E-state index contributed by atoms with van der Waals surface area (Å²) in [4.78, 5) is 35.3. The predicted octanol–water partition coefficient (Wildman–Crippen LogP) is 20.2. The minimum atomic E-state index is -4.40. The van der Waals surface area contributed by atoms with Gasteiger partial charge < -0.3 is 20.1 Å². The summed E-state index contributed by atoms with van der Waals surface area (Å²) in [5.41, 5.74) is 5.39. The van der Waals surface area contributed by atoms with Gasteiger partial charge in [-0.05, 0) is 103 Å². The zero-order valence-electron chi connectivity index (χ0n) is 49.4. The van der Waals surface area contributed by atoms with Crippen LogP contribution >= 0.6 is 7.82 Å². The van der Waals surface area contributed by atoms with Gasteiger partial charge in [0.15, 0.2) is 6.10 Å². The lowest BCUT2D eigenvalue weighted by molar-refractivity contribution is -0.161. The Balaban J connectivity index is 3.97. The minimum Gasteiger partial charge on any atom is -0.462 e. The van der Waals surface area contributed by atoms with Crippen LogP contribution in [0.5, 0.6) is 0 Å². The molecule has 0 aromatic rings. The van der Waals surface area contributed by atoms with E-state index in [1.165, 1.54) is 141 Å². The fraction of sp³-hybridized carbons (Fsp3) is 0.701. The van der Waals surface area contributed by atoms with Gasteiger partial charge in [-0.1, -0.05) is 264 Å². The third-order valence-electron chi connectivity index (χ3n) is 13.1. The molecule has 0 aromatic heterocycles. The van der Waals surface area contributed by atoms with Gasteiger partial charge in [-0.25, -0.2) is 4.57 Å². The standard InChI is InChI=1S/C67H116NO8P/c1-3-5-7-9-11-13-15-17-19-21-23-25-27-28-29-30-31-32-33-34-35-36-38-40-42-44-46-48-50-52-54-56-58-60-67(70)76-65(64-75-77(71,72)74-62-61-68)63-73-66(69)59-57-55-53-51-49-47-45-43-41-39-37-26-24-22-20-18-16-14-12-10-8-6-4-2/h5,7,11,13,16-19,22-25,28-29,31-32,34-35,65H,3-4,6,8-10,12,14-15,20-21,26-27,30,33,36-64,68H2,1-2H3,(H,71,72)/b7-5-,13-11-,18-16-,19-17-,24-22-,25-23-,29-28-,32-31-,35-34-. The molecule has 2 atom stereocenters. The summed E-state index contributed by atoms with van der Waals surface area (Å²) in [6.45, 7) is 3.63. The monoisotopic (exact) mass is 1090 g/mol. The highest BCUT2D eigenvalue weighted by atomic mass is 31.2. The zero-order chi connectivity index (χ0) is 55.9. The highest BCUT2D eigenvalue weighted by Gasteiger charge is 2.26. The molecule has 3 N–H and O–H groups in total. The van der Waals surface area contributed by atoms with E-state index in [1.807, 2.05) is 0 Å². The van der Waals surface area contributed by atoms with Crippen LogP contribution in [0.3, 0.4) is 0 Å². The Kier molecular flexibility index (Phi) is 59.2. The van der Waals surface area contributed by atoms with Crippen LogP contribution in [-0.4, -0.2) is 49.3 Å². The third-order valence-corrected chi connectivity index (χ3v) is 14.1. The van der Waals surface area contributed by atoms with Crippen LogP contribution in [0, 0.1) is 0 Å². The topological polar surface area (TPSA) is 134 Å². The van der Waals surface area contributed by atoms with Crippen molar-refractivity contribution in [3.63, 3.8) is 0 Å². The van der Waals surface area contributed by atoms with Gasteiger partial charge in [0, 0.05) is 19.4 Å². The summed E-state index contributed by atoms with van der Waals surface area (Å²) in [5.74, 6) is -0.833. The first-order valence-electron chi connectivity index (χ1n) is 31.4. The average molecular weight is 1090 g/mol. The van der Waals surface area contributed by atoms with Gasteiger partial charge in [0.2, 0.25) is 0 Å². The molecule has 2 unspecified atom stereocenters. The number of carbonyl (C=O) groups is 2. The first kappa shape index (κ1) is 73.7. The molecule has 9 nitrogen and oxygen atoms in total. The molecule has 0 spiro atoms. The van der Waals surface area contributed by atoms with Gasteiger partial charge in [-0.2, -0.15) is 0 Å². The van der Waals surface area contributed by atoms with Crippen molar-refractivity contribution in [3.05, 3.63) is 109 Å². The lowest BCUT2D eigenvalue weighted by atomic mass is 10.0. The fourth-order valence-corrected chi connectivity index (χ4v) is 9.30. The maximum Gasteiger partial charge on any atom is 0.472 e. The van der Waals surface area contributed by atoms with Crippen molar-refractivity contribution >= 4 is 19.8 Å². The Morgan fingerprint density at radius 1 is 0.403 bits per heavy atom. The molecule has 0 heterocycles. The molecule has 0 aromatic carbocycles. The number of nitrogens with two attached hydrogens (primary N) is 1. The molecule has 0 bridgehead atoms. The Bertz CT molecular complexity index is 1630. The van der Waals surface area contributed by atoms with Crippen LogP contribution in [-0.2, 0) is 32.7 Å². The predicted molar refractivity (Wildman–Crippen MR) is 330 cm³/mol. The first-order chi connectivity index (χ1) is 37.8. The normalized spacial score (nSPS) is 13.8. The number of phosphoric acid groups is 1. The zero-order valence-corrected chi connectivity index (χ0v) is 50.3. The highest BCUT2D eigenvalue weighted by molar-refractivity contribution is 7.47. The highest BCUT2D eigenvalue weighted by Crippen LogP contribution is 2.43. The summed E-state index contributed by atoms with van der Waals surface area (Å²) >= 11 is 0. The maximum absolute atomic E-state index is 12.7. The molecular formula is C67H116NO8P. The van der Waals surface area contributed by atoms with Crippen molar-refractivity contribution in [2.45, 2.75) is 277 Å². The van der Waals surface area contributed by atoms with Gasteiger partial charge in [-0.15, -0.1) is 0 Å². The molecule has 0 amide bonds. The van der Waals surface area contributed by atoms with Gasteiger partial charge in [-0.3, -0.25) is 18.6 Å². The number of ether oxygens (including phenoxy) is 2. The number of carbonyl (C=O) groups excluding carboxylic acids is 2. The lowest BCUT2D eigenvalue weighted by Crippen LogP contribution is -2.29. The van der Waals surface area contributed by atoms with Gasteiger partial charge >= 0.3 is 19.8 Å². The summed E-state index contributed by atoms with van der Waals surface area (Å²) < 4.78 is 33.1. The van der Waals surface area contributed by atoms with Crippen LogP contribution in [0.15, 0.2) is 109 Å². The fourth-order valence-electron chi connectivity index (χ4n) is 8.53. The molecule has 0 rings (SSSR count). The number of unbranched alkanes of at least 4 members (excludes halogenated alkanes) is 27. The quantitative estimate of drug-likeness (QED) is 0.0264. The SMILES string of the molecule is CC/C=C\C/C=C\C/C=C\C/C=C\C/C=C\C/C=C\C/C=C\CCCCCCCCCCCCCC(=O)OC(COC(=O)CCCCCCCCCCCCC/C=C\C/C=C\CCCCCCC)COP(=O)(O)OCCN. The summed E-state index contributed by atoms with van der Waals surface area (Å²) in [7, 11) is -4.40. The Morgan fingerprint density at radius 3 is 1.06 bits per heavy atom. The number of rotatable bonds is 58. The van der Waals surface area contributed by atoms with Crippen LogP contribution < -0.4 is 5.73 Å². The number of allylic oxidation sites excluding steroid dienone is 18. The Labute approximate surface area is 473 Å². The lowest BCUT2D eigenvalue weighted by Gasteiger charge is -2.19. The molecule has 0 saturated carbocycles. The molecule has 0 aliphatic heterocycles. The van der Waals surface area contributed by atoms with Crippen molar-refractivity contribution < 1.29 is 37.6 Å². The first-order valence-corrected chi connectivity index (χ1v) is 32.9. The Morgan fingerprint density at radius 2 is 0.714 bits per heavy atom. The second kappa shape index (κ2) is 61.9. The van der Waals surface area contributed by atoms with Crippen molar-refractivity contribution in [1.29, 1.82) is 0 Å². The molecule has 10 heteroatoms. The molecule has 442 valence electrons. The van der Waals surface area contributed by atoms with Crippen molar-refractivity contribution in [1.82, 2.24) is 0 Å². The van der Waals surface area contributed by atoms with Crippen LogP contribution in [0.25, 0.3) is 0 Å². The summed E-state index contributed by atoms with van der Waals surface area (Å²) in [6.07, 6.45) is 84.3.